The van der Waals surface area contributed by atoms with Crippen molar-refractivity contribution < 1.29 is 4.74 Å². The van der Waals surface area contributed by atoms with Gasteiger partial charge in [0.2, 0.25) is 0 Å². The molecule has 1 aliphatic heterocycles. The molecule has 2 atom stereocenters. The molecule has 1 aromatic rings. The molecule has 0 saturated carbocycles. The van der Waals surface area contributed by atoms with Crippen molar-refractivity contribution in [2.45, 2.75) is 64.8 Å². The van der Waals surface area contributed by atoms with E-state index in [1.165, 1.54) is 12.8 Å². The molecule has 2 heterocycles. The molecule has 1 fully saturated rings. The van der Waals surface area contributed by atoms with Crippen LogP contribution in [0.1, 0.15) is 45.4 Å². The van der Waals surface area contributed by atoms with Gasteiger partial charge in [0.1, 0.15) is 12.2 Å². The predicted octanol–water partition coefficient (Wildman–Crippen LogP) is 1.74. The summed E-state index contributed by atoms with van der Waals surface area (Å²) in [6, 6.07) is 0.553. The first-order valence-corrected chi connectivity index (χ1v) is 7.05. The molecule has 0 radical (unpaired) electrons. The van der Waals surface area contributed by atoms with Crippen molar-refractivity contribution in [2.24, 2.45) is 0 Å². The molecule has 1 N–H and O–H groups in total. The van der Waals surface area contributed by atoms with Gasteiger partial charge in [0, 0.05) is 19.2 Å². The zero-order valence-corrected chi connectivity index (χ0v) is 11.4. The highest BCUT2D eigenvalue weighted by molar-refractivity contribution is 4.87. The minimum atomic E-state index is 0.435. The van der Waals surface area contributed by atoms with Crippen LogP contribution in [0.3, 0.4) is 0 Å². The van der Waals surface area contributed by atoms with E-state index in [2.05, 4.69) is 33.9 Å². The number of ether oxygens (including phenoxy) is 1. The second-order valence-corrected chi connectivity index (χ2v) is 4.92. The third-order valence-corrected chi connectivity index (χ3v) is 3.56. The molecule has 5 heteroatoms. The third kappa shape index (κ3) is 3.53. The van der Waals surface area contributed by atoms with Crippen molar-refractivity contribution >= 4 is 0 Å². The molecule has 0 amide bonds. The molecule has 0 spiro atoms. The van der Waals surface area contributed by atoms with Crippen LogP contribution in [-0.2, 0) is 17.8 Å². The number of aromatic nitrogens is 3. The largest absolute Gasteiger partial charge is 0.378 e. The molecule has 5 nitrogen and oxygen atoms in total. The minimum Gasteiger partial charge on any atom is -0.378 e. The minimum absolute atomic E-state index is 0.435. The van der Waals surface area contributed by atoms with Gasteiger partial charge in [0.15, 0.2) is 0 Å². The van der Waals surface area contributed by atoms with E-state index in [0.717, 1.165) is 38.4 Å². The molecular weight excluding hydrogens is 228 g/mol. The topological polar surface area (TPSA) is 52.0 Å². The van der Waals surface area contributed by atoms with Crippen LogP contribution >= 0.6 is 0 Å². The summed E-state index contributed by atoms with van der Waals surface area (Å²) >= 11 is 0. The van der Waals surface area contributed by atoms with Gasteiger partial charge in [-0.1, -0.05) is 13.3 Å². The first-order chi connectivity index (χ1) is 8.83. The number of hydrogen-bond donors (Lipinski definition) is 1. The van der Waals surface area contributed by atoms with Gasteiger partial charge in [-0.15, -0.1) is 10.2 Å². The second-order valence-electron chi connectivity index (χ2n) is 4.92. The summed E-state index contributed by atoms with van der Waals surface area (Å²) in [5.74, 6) is 1.02. The highest BCUT2D eigenvalue weighted by Crippen LogP contribution is 2.18. The Hall–Kier alpha value is -0.940. The van der Waals surface area contributed by atoms with Gasteiger partial charge < -0.3 is 14.6 Å². The van der Waals surface area contributed by atoms with Crippen LogP contribution in [0.5, 0.6) is 0 Å². The summed E-state index contributed by atoms with van der Waals surface area (Å²) in [4.78, 5) is 0. The van der Waals surface area contributed by atoms with E-state index in [4.69, 9.17) is 4.74 Å². The van der Waals surface area contributed by atoms with Crippen LogP contribution in [0, 0.1) is 0 Å². The van der Waals surface area contributed by atoms with Crippen molar-refractivity contribution in [3.05, 3.63) is 12.2 Å². The maximum absolute atomic E-state index is 5.76. The molecule has 0 bridgehead atoms. The highest BCUT2D eigenvalue weighted by atomic mass is 16.5. The lowest BCUT2D eigenvalue weighted by atomic mass is 10.0. The van der Waals surface area contributed by atoms with Gasteiger partial charge in [-0.25, -0.2) is 0 Å². The standard InChI is InChI=1S/C13H24N4O/c1-3-5-12-8-11(6-7-18-12)14-9-13-16-15-10-17(13)4-2/h10-12,14H,3-9H2,1-2H3. The average Bonchev–Trinajstić information content (AvgIpc) is 2.84. The van der Waals surface area contributed by atoms with Gasteiger partial charge in [-0.2, -0.15) is 0 Å². The van der Waals surface area contributed by atoms with Crippen molar-refractivity contribution in [1.29, 1.82) is 0 Å². The van der Waals surface area contributed by atoms with Crippen LogP contribution in [0.2, 0.25) is 0 Å². The summed E-state index contributed by atoms with van der Waals surface area (Å²) in [6.45, 7) is 6.93. The lowest BCUT2D eigenvalue weighted by molar-refractivity contribution is -0.00357. The summed E-state index contributed by atoms with van der Waals surface area (Å²) < 4.78 is 7.84. The fourth-order valence-corrected chi connectivity index (χ4v) is 2.50. The average molecular weight is 252 g/mol. The molecule has 1 saturated heterocycles. The molecule has 2 unspecified atom stereocenters. The van der Waals surface area contributed by atoms with Gasteiger partial charge >= 0.3 is 0 Å². The monoisotopic (exact) mass is 252 g/mol. The number of nitrogens with zero attached hydrogens (tertiary/aromatic N) is 3. The molecule has 1 aliphatic rings. The lowest BCUT2D eigenvalue weighted by Gasteiger charge is -2.30. The Kier molecular flexibility index (Phi) is 5.13. The summed E-state index contributed by atoms with van der Waals surface area (Å²) in [5.41, 5.74) is 0. The Labute approximate surface area is 109 Å². The summed E-state index contributed by atoms with van der Waals surface area (Å²) in [7, 11) is 0. The van der Waals surface area contributed by atoms with Crippen molar-refractivity contribution in [3.63, 3.8) is 0 Å². The number of hydrogen-bond acceptors (Lipinski definition) is 4. The van der Waals surface area contributed by atoms with E-state index in [0.29, 0.717) is 12.1 Å². The Morgan fingerprint density at radius 1 is 1.50 bits per heavy atom. The summed E-state index contributed by atoms with van der Waals surface area (Å²) in [5, 5.41) is 11.7. The van der Waals surface area contributed by atoms with Crippen LogP contribution in [0.25, 0.3) is 0 Å². The van der Waals surface area contributed by atoms with E-state index in [9.17, 15) is 0 Å². The van der Waals surface area contributed by atoms with Crippen molar-refractivity contribution in [1.82, 2.24) is 20.1 Å². The van der Waals surface area contributed by atoms with Crippen LogP contribution in [0.15, 0.2) is 6.33 Å². The van der Waals surface area contributed by atoms with Crippen molar-refractivity contribution in [3.8, 4) is 0 Å². The van der Waals surface area contributed by atoms with E-state index < -0.39 is 0 Å². The normalized spacial score (nSPS) is 24.3. The number of rotatable bonds is 6. The Bertz CT molecular complexity index is 351. The Morgan fingerprint density at radius 3 is 3.17 bits per heavy atom. The fraction of sp³-hybridized carbons (Fsp3) is 0.846. The summed E-state index contributed by atoms with van der Waals surface area (Å²) in [6.07, 6.45) is 6.81. The van der Waals surface area contributed by atoms with Crippen molar-refractivity contribution in [2.75, 3.05) is 6.61 Å². The zero-order valence-electron chi connectivity index (χ0n) is 11.4. The van der Waals surface area contributed by atoms with Crippen LogP contribution < -0.4 is 5.32 Å². The quantitative estimate of drug-likeness (QED) is 0.838. The predicted molar refractivity (Wildman–Crippen MR) is 70.2 cm³/mol. The molecule has 0 aliphatic carbocycles. The first-order valence-electron chi connectivity index (χ1n) is 7.05. The Balaban J connectivity index is 1.79. The third-order valence-electron chi connectivity index (χ3n) is 3.56. The Morgan fingerprint density at radius 2 is 2.39 bits per heavy atom. The van der Waals surface area contributed by atoms with Gasteiger partial charge in [-0.3, -0.25) is 0 Å². The van der Waals surface area contributed by atoms with Gasteiger partial charge in [-0.05, 0) is 26.2 Å². The molecule has 18 heavy (non-hydrogen) atoms. The SMILES string of the molecule is CCCC1CC(NCc2nncn2CC)CCO1. The first kappa shape index (κ1) is 13.5. The smallest absolute Gasteiger partial charge is 0.146 e. The van der Waals surface area contributed by atoms with Crippen LogP contribution in [0.4, 0.5) is 0 Å². The second kappa shape index (κ2) is 6.85. The molecule has 1 aromatic heterocycles. The van der Waals surface area contributed by atoms with E-state index in [1.54, 1.807) is 6.33 Å². The maximum Gasteiger partial charge on any atom is 0.146 e. The number of aryl methyl sites for hydroxylation is 1. The van der Waals surface area contributed by atoms with Gasteiger partial charge in [0.05, 0.1) is 12.6 Å². The lowest BCUT2D eigenvalue weighted by Crippen LogP contribution is -2.39. The van der Waals surface area contributed by atoms with E-state index in [-0.39, 0.29) is 0 Å². The molecule has 0 aromatic carbocycles. The zero-order chi connectivity index (χ0) is 12.8. The van der Waals surface area contributed by atoms with Gasteiger partial charge in [0.25, 0.3) is 0 Å². The molecular formula is C13H24N4O. The fourth-order valence-electron chi connectivity index (χ4n) is 2.50. The number of nitrogens with one attached hydrogen (secondary N) is 1. The molecule has 2 rings (SSSR count). The van der Waals surface area contributed by atoms with Crippen LogP contribution in [-0.4, -0.2) is 33.5 Å². The maximum atomic E-state index is 5.76. The highest BCUT2D eigenvalue weighted by Gasteiger charge is 2.21. The van der Waals surface area contributed by atoms with E-state index in [1.807, 2.05) is 0 Å². The molecule has 102 valence electrons. The van der Waals surface area contributed by atoms with E-state index >= 15 is 0 Å².